The number of amides is 2. The Morgan fingerprint density at radius 3 is 2.32 bits per heavy atom. The van der Waals surface area contributed by atoms with Gasteiger partial charge in [-0.2, -0.15) is 0 Å². The van der Waals surface area contributed by atoms with Crippen LogP contribution in [0.5, 0.6) is 5.75 Å². The van der Waals surface area contributed by atoms with Crippen LogP contribution in [0.1, 0.15) is 43.4 Å². The van der Waals surface area contributed by atoms with Crippen molar-refractivity contribution < 1.29 is 14.3 Å². The zero-order valence-electron chi connectivity index (χ0n) is 17.4. The maximum atomic E-state index is 13.0. The fourth-order valence-electron chi connectivity index (χ4n) is 3.07. The van der Waals surface area contributed by atoms with Crippen LogP contribution in [0.3, 0.4) is 0 Å². The molecule has 5 nitrogen and oxygen atoms in total. The number of likely N-dealkylation sites (N-methyl/N-ethyl adjacent to an activating group) is 1. The number of ether oxygens (including phenoxy) is 1. The van der Waals surface area contributed by atoms with Crippen LogP contribution in [0, 0.1) is 6.92 Å². The van der Waals surface area contributed by atoms with E-state index in [0.29, 0.717) is 18.2 Å². The van der Waals surface area contributed by atoms with E-state index in [1.165, 1.54) is 0 Å². The first-order valence-electron chi connectivity index (χ1n) is 9.62. The predicted octanol–water partition coefficient (Wildman–Crippen LogP) is 3.66. The summed E-state index contributed by atoms with van der Waals surface area (Å²) in [6.07, 6.45) is 0. The van der Waals surface area contributed by atoms with E-state index < -0.39 is 6.04 Å². The van der Waals surface area contributed by atoms with Gasteiger partial charge < -0.3 is 15.0 Å². The molecule has 0 aliphatic heterocycles. The topological polar surface area (TPSA) is 58.6 Å². The number of aryl methyl sites for hydroxylation is 1. The number of nitrogens with one attached hydrogen (secondary N) is 1. The van der Waals surface area contributed by atoms with Crippen LogP contribution in [0.4, 0.5) is 0 Å². The van der Waals surface area contributed by atoms with Gasteiger partial charge in [-0.1, -0.05) is 56.3 Å². The zero-order valence-corrected chi connectivity index (χ0v) is 17.4. The molecule has 0 aromatic heterocycles. The van der Waals surface area contributed by atoms with Gasteiger partial charge in [0.05, 0.1) is 0 Å². The molecule has 0 spiro atoms. The highest BCUT2D eigenvalue weighted by molar-refractivity contribution is 5.87. The monoisotopic (exact) mass is 382 g/mol. The highest BCUT2D eigenvalue weighted by Crippen LogP contribution is 2.26. The summed E-state index contributed by atoms with van der Waals surface area (Å²) in [5, 5.41) is 2.62. The number of hydrogen-bond acceptors (Lipinski definition) is 3. The Kier molecular flexibility index (Phi) is 7.61. The molecule has 0 bridgehead atoms. The number of hydrogen-bond donors (Lipinski definition) is 1. The fourth-order valence-corrected chi connectivity index (χ4v) is 3.07. The average molecular weight is 383 g/mol. The number of rotatable bonds is 8. The number of para-hydroxylation sites is 1. The number of carbonyl (C=O) groups is 2. The zero-order chi connectivity index (χ0) is 20.7. The summed E-state index contributed by atoms with van der Waals surface area (Å²) in [6.45, 7) is 8.14. The lowest BCUT2D eigenvalue weighted by atomic mass is 10.0. The summed E-state index contributed by atoms with van der Waals surface area (Å²) in [4.78, 5) is 26.8. The lowest BCUT2D eigenvalue weighted by Gasteiger charge is -2.29. The molecule has 0 aliphatic rings. The van der Waals surface area contributed by atoms with Crippen molar-refractivity contribution in [3.05, 3.63) is 65.2 Å². The van der Waals surface area contributed by atoms with Crippen LogP contribution in [0.25, 0.3) is 0 Å². The first kappa shape index (κ1) is 21.5. The summed E-state index contributed by atoms with van der Waals surface area (Å²) < 4.78 is 5.85. The van der Waals surface area contributed by atoms with Crippen molar-refractivity contribution in [1.82, 2.24) is 10.2 Å². The Hall–Kier alpha value is -2.82. The van der Waals surface area contributed by atoms with Crippen molar-refractivity contribution in [1.29, 1.82) is 0 Å². The van der Waals surface area contributed by atoms with E-state index in [-0.39, 0.29) is 18.4 Å². The van der Waals surface area contributed by atoms with Gasteiger partial charge in [-0.3, -0.25) is 9.59 Å². The minimum atomic E-state index is -0.596. The van der Waals surface area contributed by atoms with E-state index in [4.69, 9.17) is 4.74 Å². The van der Waals surface area contributed by atoms with E-state index >= 15 is 0 Å². The normalized spacial score (nSPS) is 11.8. The summed E-state index contributed by atoms with van der Waals surface area (Å²) in [6, 6.07) is 15.0. The van der Waals surface area contributed by atoms with Crippen LogP contribution in [-0.4, -0.2) is 36.4 Å². The summed E-state index contributed by atoms with van der Waals surface area (Å²) in [5.74, 6) is 0.566. The van der Waals surface area contributed by atoms with E-state index in [1.54, 1.807) is 18.9 Å². The SMILES string of the molecule is CNC(=O)C(C)N(Cc1ccccc1C)C(=O)COc1ccccc1C(C)C. The Morgan fingerprint density at radius 1 is 1.04 bits per heavy atom. The van der Waals surface area contributed by atoms with Crippen LogP contribution in [0.2, 0.25) is 0 Å². The molecule has 0 saturated carbocycles. The molecule has 0 saturated heterocycles. The molecule has 5 heteroatoms. The number of carbonyl (C=O) groups excluding carboxylic acids is 2. The number of benzene rings is 2. The summed E-state index contributed by atoms with van der Waals surface area (Å²) in [7, 11) is 1.57. The van der Waals surface area contributed by atoms with Gasteiger partial charge in [-0.25, -0.2) is 0 Å². The van der Waals surface area contributed by atoms with Gasteiger partial charge in [0.1, 0.15) is 11.8 Å². The average Bonchev–Trinajstić information content (AvgIpc) is 2.70. The molecule has 2 aromatic carbocycles. The maximum Gasteiger partial charge on any atom is 0.261 e. The third-order valence-corrected chi connectivity index (χ3v) is 4.91. The first-order chi connectivity index (χ1) is 13.3. The largest absolute Gasteiger partial charge is 0.483 e. The highest BCUT2D eigenvalue weighted by atomic mass is 16.5. The van der Waals surface area contributed by atoms with E-state index in [2.05, 4.69) is 19.2 Å². The molecule has 0 heterocycles. The van der Waals surface area contributed by atoms with Gasteiger partial charge in [0, 0.05) is 13.6 Å². The maximum absolute atomic E-state index is 13.0. The smallest absolute Gasteiger partial charge is 0.261 e. The minimum absolute atomic E-state index is 0.114. The molecule has 28 heavy (non-hydrogen) atoms. The molecule has 0 fully saturated rings. The molecule has 1 N–H and O–H groups in total. The van der Waals surface area contributed by atoms with Gasteiger partial charge >= 0.3 is 0 Å². The molecule has 1 unspecified atom stereocenters. The first-order valence-corrected chi connectivity index (χ1v) is 9.62. The van der Waals surface area contributed by atoms with E-state index in [9.17, 15) is 9.59 Å². The van der Waals surface area contributed by atoms with Gasteiger partial charge in [0.15, 0.2) is 6.61 Å². The predicted molar refractivity (Wildman–Crippen MR) is 111 cm³/mol. The molecule has 0 radical (unpaired) electrons. The highest BCUT2D eigenvalue weighted by Gasteiger charge is 2.26. The fraction of sp³-hybridized carbons (Fsp3) is 0.391. The van der Waals surface area contributed by atoms with Crippen molar-refractivity contribution in [2.24, 2.45) is 0 Å². The molecular formula is C23H30N2O3. The van der Waals surface area contributed by atoms with Crippen molar-refractivity contribution in [2.75, 3.05) is 13.7 Å². The quantitative estimate of drug-likeness (QED) is 0.758. The standard InChI is InChI=1S/C23H30N2O3/c1-16(2)20-12-8-9-13-21(20)28-15-22(26)25(18(4)23(27)24-5)14-19-11-7-6-10-17(19)3/h6-13,16,18H,14-15H2,1-5H3,(H,24,27). The van der Waals surface area contributed by atoms with Gasteiger partial charge in [-0.15, -0.1) is 0 Å². The third kappa shape index (κ3) is 5.35. The lowest BCUT2D eigenvalue weighted by Crippen LogP contribution is -2.48. The van der Waals surface area contributed by atoms with E-state index in [0.717, 1.165) is 16.7 Å². The summed E-state index contributed by atoms with van der Waals surface area (Å²) >= 11 is 0. The Morgan fingerprint density at radius 2 is 1.68 bits per heavy atom. The molecule has 0 aliphatic carbocycles. The second-order valence-electron chi connectivity index (χ2n) is 7.22. The Bertz CT molecular complexity index is 817. The second kappa shape index (κ2) is 9.93. The van der Waals surface area contributed by atoms with Gasteiger partial charge in [0.2, 0.25) is 5.91 Å². The molecule has 150 valence electrons. The van der Waals surface area contributed by atoms with E-state index in [1.807, 2.05) is 55.5 Å². The molecule has 2 rings (SSSR count). The van der Waals surface area contributed by atoms with Crippen LogP contribution >= 0.6 is 0 Å². The lowest BCUT2D eigenvalue weighted by molar-refractivity contribution is -0.142. The van der Waals surface area contributed by atoms with Crippen molar-refractivity contribution >= 4 is 11.8 Å². The van der Waals surface area contributed by atoms with Crippen molar-refractivity contribution in [3.63, 3.8) is 0 Å². The molecule has 2 amide bonds. The van der Waals surface area contributed by atoms with Crippen LogP contribution in [0.15, 0.2) is 48.5 Å². The van der Waals surface area contributed by atoms with Crippen molar-refractivity contribution in [2.45, 2.75) is 46.2 Å². The number of nitrogens with zero attached hydrogens (tertiary/aromatic N) is 1. The van der Waals surface area contributed by atoms with Gasteiger partial charge in [0.25, 0.3) is 5.91 Å². The van der Waals surface area contributed by atoms with Gasteiger partial charge in [-0.05, 0) is 42.5 Å². The van der Waals surface area contributed by atoms with Crippen molar-refractivity contribution in [3.8, 4) is 5.75 Å². The summed E-state index contributed by atoms with van der Waals surface area (Å²) in [5.41, 5.74) is 3.14. The van der Waals surface area contributed by atoms with Crippen LogP contribution in [-0.2, 0) is 16.1 Å². The Labute approximate surface area is 167 Å². The second-order valence-corrected chi connectivity index (χ2v) is 7.22. The molecule has 2 aromatic rings. The molecular weight excluding hydrogens is 352 g/mol. The van der Waals surface area contributed by atoms with Crippen LogP contribution < -0.4 is 10.1 Å². The Balaban J connectivity index is 2.19. The molecule has 1 atom stereocenters. The minimum Gasteiger partial charge on any atom is -0.483 e. The third-order valence-electron chi connectivity index (χ3n) is 4.91.